The minimum atomic E-state index is 0.865. The number of methoxy groups -OCH3 is 2. The van der Waals surface area contributed by atoms with Gasteiger partial charge in [0.05, 0.1) is 14.2 Å². The number of hydrogen-bond donors (Lipinski definition) is 0. The Kier molecular flexibility index (Phi) is 4.15. The number of benzene rings is 2. The van der Waals surface area contributed by atoms with E-state index in [2.05, 4.69) is 47.6 Å². The van der Waals surface area contributed by atoms with E-state index in [0.29, 0.717) is 0 Å². The molecule has 0 unspecified atom stereocenters. The molecule has 0 radical (unpaired) electrons. The topological polar surface area (TPSA) is 21.7 Å². The average Bonchev–Trinajstić information content (AvgIpc) is 2.62. The zero-order valence-electron chi connectivity index (χ0n) is 12.8. The fourth-order valence-electron chi connectivity index (χ4n) is 2.47. The summed E-state index contributed by atoms with van der Waals surface area (Å²) in [5.74, 6) is 1.74. The number of hydrogen-bond acceptors (Lipinski definition) is 3. The summed E-state index contributed by atoms with van der Waals surface area (Å²) >= 11 is 0. The van der Waals surface area contributed by atoms with Gasteiger partial charge in [0.1, 0.15) is 11.5 Å². The molecule has 0 spiro atoms. The molecule has 0 amide bonds. The van der Waals surface area contributed by atoms with Crippen LogP contribution in [-0.2, 0) is 0 Å². The van der Waals surface area contributed by atoms with Crippen LogP contribution in [-0.4, -0.2) is 14.2 Å². The molecule has 2 aromatic carbocycles. The second-order valence-corrected chi connectivity index (χ2v) is 5.08. The van der Waals surface area contributed by atoms with Crippen LogP contribution in [0.25, 0.3) is 5.57 Å². The Morgan fingerprint density at radius 1 is 0.818 bits per heavy atom. The Morgan fingerprint density at radius 3 is 2.00 bits per heavy atom. The molecule has 3 nitrogen and oxygen atoms in total. The SMILES string of the molecule is COc1ccc(C2=CN(c3ccc(OC)cc3)C=CC2)cc1. The molecule has 1 heterocycles. The fourth-order valence-corrected chi connectivity index (χ4v) is 2.47. The molecular formula is C19H19NO2. The highest BCUT2D eigenvalue weighted by Crippen LogP contribution is 2.28. The van der Waals surface area contributed by atoms with Gasteiger partial charge in [-0.2, -0.15) is 0 Å². The maximum atomic E-state index is 5.21. The minimum absolute atomic E-state index is 0.865. The van der Waals surface area contributed by atoms with Crippen molar-refractivity contribution in [3.8, 4) is 11.5 Å². The molecule has 1 aliphatic rings. The first kappa shape index (κ1) is 14.3. The molecule has 0 N–H and O–H groups in total. The Labute approximate surface area is 131 Å². The lowest BCUT2D eigenvalue weighted by molar-refractivity contribution is 0.414. The van der Waals surface area contributed by atoms with Crippen LogP contribution in [0.1, 0.15) is 12.0 Å². The molecular weight excluding hydrogens is 274 g/mol. The summed E-state index contributed by atoms with van der Waals surface area (Å²) in [5, 5.41) is 0. The third-order valence-electron chi connectivity index (χ3n) is 3.73. The van der Waals surface area contributed by atoms with Gasteiger partial charge in [-0.05, 0) is 54.0 Å². The van der Waals surface area contributed by atoms with E-state index in [-0.39, 0.29) is 0 Å². The smallest absolute Gasteiger partial charge is 0.119 e. The number of anilines is 1. The van der Waals surface area contributed by atoms with Crippen molar-refractivity contribution >= 4 is 11.3 Å². The number of nitrogens with zero attached hydrogens (tertiary/aromatic N) is 1. The van der Waals surface area contributed by atoms with Crippen LogP contribution in [0, 0.1) is 0 Å². The average molecular weight is 293 g/mol. The van der Waals surface area contributed by atoms with Crippen LogP contribution in [0.3, 0.4) is 0 Å². The third-order valence-corrected chi connectivity index (χ3v) is 3.73. The molecule has 22 heavy (non-hydrogen) atoms. The van der Waals surface area contributed by atoms with E-state index in [1.165, 1.54) is 11.1 Å². The van der Waals surface area contributed by atoms with Gasteiger partial charge < -0.3 is 14.4 Å². The summed E-state index contributed by atoms with van der Waals surface area (Å²) in [6, 6.07) is 16.2. The van der Waals surface area contributed by atoms with Crippen molar-refractivity contribution in [2.45, 2.75) is 6.42 Å². The van der Waals surface area contributed by atoms with Crippen LogP contribution in [0.2, 0.25) is 0 Å². The molecule has 0 aliphatic carbocycles. The molecule has 1 aliphatic heterocycles. The van der Waals surface area contributed by atoms with Gasteiger partial charge >= 0.3 is 0 Å². The van der Waals surface area contributed by atoms with Crippen LogP contribution in [0.5, 0.6) is 11.5 Å². The monoisotopic (exact) mass is 293 g/mol. The van der Waals surface area contributed by atoms with Crippen LogP contribution in [0.15, 0.2) is 67.0 Å². The van der Waals surface area contributed by atoms with Gasteiger partial charge in [-0.1, -0.05) is 18.2 Å². The Bertz CT molecular complexity index is 684. The quantitative estimate of drug-likeness (QED) is 0.830. The first-order chi connectivity index (χ1) is 10.8. The summed E-state index contributed by atoms with van der Waals surface area (Å²) in [7, 11) is 3.36. The summed E-state index contributed by atoms with van der Waals surface area (Å²) in [4.78, 5) is 2.13. The molecule has 112 valence electrons. The highest BCUT2D eigenvalue weighted by Gasteiger charge is 2.09. The molecule has 0 bridgehead atoms. The standard InChI is InChI=1S/C19H19NO2/c1-21-18-9-5-15(6-10-18)16-4-3-13-20(14-16)17-7-11-19(22-2)12-8-17/h3,5-14H,4H2,1-2H3. The molecule has 3 rings (SSSR count). The van der Waals surface area contributed by atoms with Crippen LogP contribution >= 0.6 is 0 Å². The van der Waals surface area contributed by atoms with Crippen molar-refractivity contribution in [3.05, 3.63) is 72.6 Å². The van der Waals surface area contributed by atoms with Crippen molar-refractivity contribution in [1.82, 2.24) is 0 Å². The molecule has 2 aromatic rings. The first-order valence-corrected chi connectivity index (χ1v) is 7.24. The maximum absolute atomic E-state index is 5.21. The second kappa shape index (κ2) is 6.39. The zero-order chi connectivity index (χ0) is 15.4. The Morgan fingerprint density at radius 2 is 1.41 bits per heavy atom. The van der Waals surface area contributed by atoms with E-state index in [1.807, 2.05) is 24.3 Å². The van der Waals surface area contributed by atoms with Crippen molar-refractivity contribution in [2.24, 2.45) is 0 Å². The van der Waals surface area contributed by atoms with Gasteiger partial charge in [-0.15, -0.1) is 0 Å². The Balaban J connectivity index is 1.84. The van der Waals surface area contributed by atoms with Crippen molar-refractivity contribution in [3.63, 3.8) is 0 Å². The second-order valence-electron chi connectivity index (χ2n) is 5.08. The van der Waals surface area contributed by atoms with Crippen LogP contribution < -0.4 is 14.4 Å². The van der Waals surface area contributed by atoms with Crippen LogP contribution in [0.4, 0.5) is 5.69 Å². The van der Waals surface area contributed by atoms with E-state index >= 15 is 0 Å². The highest BCUT2D eigenvalue weighted by molar-refractivity contribution is 5.73. The third kappa shape index (κ3) is 2.98. The molecule has 0 aromatic heterocycles. The van der Waals surface area contributed by atoms with Gasteiger partial charge in [-0.3, -0.25) is 0 Å². The van der Waals surface area contributed by atoms with E-state index in [4.69, 9.17) is 9.47 Å². The number of ether oxygens (including phenoxy) is 2. The largest absolute Gasteiger partial charge is 0.497 e. The van der Waals surface area contributed by atoms with E-state index in [0.717, 1.165) is 23.6 Å². The maximum Gasteiger partial charge on any atom is 0.119 e. The van der Waals surface area contributed by atoms with Crippen molar-refractivity contribution in [1.29, 1.82) is 0 Å². The summed E-state index contributed by atoms with van der Waals surface area (Å²) in [6.45, 7) is 0. The van der Waals surface area contributed by atoms with Gasteiger partial charge in [0.25, 0.3) is 0 Å². The molecule has 0 saturated carbocycles. The predicted octanol–water partition coefficient (Wildman–Crippen LogP) is 4.47. The lowest BCUT2D eigenvalue weighted by atomic mass is 10.0. The fraction of sp³-hybridized carbons (Fsp3) is 0.158. The minimum Gasteiger partial charge on any atom is -0.497 e. The number of allylic oxidation sites excluding steroid dienone is 2. The number of rotatable bonds is 4. The predicted molar refractivity (Wildman–Crippen MR) is 90.2 cm³/mol. The lowest BCUT2D eigenvalue weighted by Gasteiger charge is -2.22. The first-order valence-electron chi connectivity index (χ1n) is 7.24. The van der Waals surface area contributed by atoms with Gasteiger partial charge in [-0.25, -0.2) is 0 Å². The Hall–Kier alpha value is -2.68. The lowest BCUT2D eigenvalue weighted by Crippen LogP contribution is -2.11. The summed E-state index contributed by atoms with van der Waals surface area (Å²) < 4.78 is 10.4. The normalized spacial score (nSPS) is 13.7. The van der Waals surface area contributed by atoms with E-state index in [1.54, 1.807) is 14.2 Å². The molecule has 3 heteroatoms. The zero-order valence-corrected chi connectivity index (χ0v) is 12.8. The summed E-state index contributed by atoms with van der Waals surface area (Å²) in [6.07, 6.45) is 7.36. The van der Waals surface area contributed by atoms with Crippen molar-refractivity contribution in [2.75, 3.05) is 19.1 Å². The van der Waals surface area contributed by atoms with Gasteiger partial charge in [0.15, 0.2) is 0 Å². The van der Waals surface area contributed by atoms with Crippen molar-refractivity contribution < 1.29 is 9.47 Å². The summed E-state index contributed by atoms with van der Waals surface area (Å²) in [5.41, 5.74) is 3.60. The molecule has 0 saturated heterocycles. The molecule has 0 fully saturated rings. The van der Waals surface area contributed by atoms with E-state index in [9.17, 15) is 0 Å². The molecule has 0 atom stereocenters. The van der Waals surface area contributed by atoms with Gasteiger partial charge in [0, 0.05) is 18.1 Å². The van der Waals surface area contributed by atoms with E-state index < -0.39 is 0 Å². The van der Waals surface area contributed by atoms with Gasteiger partial charge in [0.2, 0.25) is 0 Å². The highest BCUT2D eigenvalue weighted by atomic mass is 16.5.